The largest absolute Gasteiger partial charge is 0.507 e. The summed E-state index contributed by atoms with van der Waals surface area (Å²) in [6.45, 7) is 8.05. The first-order chi connectivity index (χ1) is 20.3. The van der Waals surface area contributed by atoms with Gasteiger partial charge in [-0.3, -0.25) is 4.79 Å². The van der Waals surface area contributed by atoms with Gasteiger partial charge in [-0.05, 0) is 77.4 Å². The summed E-state index contributed by atoms with van der Waals surface area (Å²) in [5.74, 6) is 1.06. The summed E-state index contributed by atoms with van der Waals surface area (Å²) in [6, 6.07) is 27.6. The molecule has 0 saturated heterocycles. The van der Waals surface area contributed by atoms with E-state index in [2.05, 4.69) is 69.4 Å². The van der Waals surface area contributed by atoms with Crippen molar-refractivity contribution in [3.63, 3.8) is 0 Å². The first kappa shape index (κ1) is 30.7. The third-order valence-corrected chi connectivity index (χ3v) is 8.46. The van der Waals surface area contributed by atoms with Crippen molar-refractivity contribution < 1.29 is 34.4 Å². The number of pyridine rings is 1. The monoisotopic (exact) mass is 747 g/mol. The summed E-state index contributed by atoms with van der Waals surface area (Å²) in [5.41, 5.74) is 8.00. The molecule has 1 radical (unpaired) electrons. The van der Waals surface area contributed by atoms with Crippen molar-refractivity contribution in [1.29, 1.82) is 0 Å². The molecule has 0 aliphatic heterocycles. The average molecular weight is 747 g/mol. The van der Waals surface area contributed by atoms with Gasteiger partial charge in [-0.1, -0.05) is 93.1 Å². The van der Waals surface area contributed by atoms with Gasteiger partial charge in [0.1, 0.15) is 11.3 Å². The fourth-order valence-electron chi connectivity index (χ4n) is 6.29. The third-order valence-electron chi connectivity index (χ3n) is 8.46. The molecule has 0 atom stereocenters. The number of Topliss-reactive ketones (excluding diaryl/α,β-unsaturated/α-hetero) is 1. The zero-order valence-electron chi connectivity index (χ0n) is 25.0. The Kier molecular flexibility index (Phi) is 9.15. The number of furan rings is 1. The van der Waals surface area contributed by atoms with Crippen molar-refractivity contribution in [1.82, 2.24) is 4.98 Å². The second kappa shape index (κ2) is 12.8. The fraction of sp³-hybridized carbons (Fsp3) is 0.263. The first-order valence-corrected chi connectivity index (χ1v) is 14.9. The maximum atomic E-state index is 10.7. The molecule has 1 saturated carbocycles. The summed E-state index contributed by atoms with van der Waals surface area (Å²) >= 11 is 0. The number of rotatable bonds is 4. The van der Waals surface area contributed by atoms with Crippen LogP contribution in [0.5, 0.6) is 5.75 Å². The number of carbonyl (C=O) groups is 1. The predicted molar refractivity (Wildman–Crippen MR) is 171 cm³/mol. The number of ketones is 1. The van der Waals surface area contributed by atoms with Crippen LogP contribution in [0.2, 0.25) is 0 Å². The molecule has 7 rings (SSSR count). The predicted octanol–water partition coefficient (Wildman–Crippen LogP) is 10.3. The molecule has 2 aromatic heterocycles. The standard InChI is InChI=1S/C30H28NO.C8H8O2.Ir/c1-18(2)27-17-31-29(23-13-12-21(16-24(23)27)20-8-4-5-9-20)26-15-19(3)14-25-22-10-6-7-11-28(22)32-30(25)26;1-6(9)7-4-2-3-5-8(7)10;/h6-7,10-14,16-18,20H,4-5,8-9H2,1-3H3;2-5,10H,1H3;/q-1;;. The van der Waals surface area contributed by atoms with Crippen LogP contribution in [0.1, 0.15) is 85.3 Å². The van der Waals surface area contributed by atoms with Gasteiger partial charge in [-0.2, -0.15) is 0 Å². The normalized spacial score (nSPS) is 13.3. The number of aromatic nitrogens is 1. The van der Waals surface area contributed by atoms with Crippen molar-refractivity contribution in [2.24, 2.45) is 0 Å². The molecule has 5 heteroatoms. The minimum Gasteiger partial charge on any atom is -0.507 e. The Bertz CT molecular complexity index is 1930. The van der Waals surface area contributed by atoms with E-state index in [1.165, 1.54) is 60.6 Å². The quantitative estimate of drug-likeness (QED) is 0.144. The summed E-state index contributed by atoms with van der Waals surface area (Å²) in [5, 5.41) is 13.9. The van der Waals surface area contributed by atoms with Gasteiger partial charge in [-0.25, -0.2) is 0 Å². The van der Waals surface area contributed by atoms with Gasteiger partial charge in [-0.15, -0.1) is 17.7 Å². The van der Waals surface area contributed by atoms with Crippen molar-refractivity contribution >= 4 is 38.5 Å². The molecule has 1 aliphatic carbocycles. The Labute approximate surface area is 266 Å². The number of aryl methyl sites for hydroxylation is 1. The Morgan fingerprint density at radius 2 is 1.65 bits per heavy atom. The molecule has 0 spiro atoms. The first-order valence-electron chi connectivity index (χ1n) is 14.9. The zero-order chi connectivity index (χ0) is 29.4. The van der Waals surface area contributed by atoms with E-state index in [0.29, 0.717) is 17.4 Å². The molecule has 0 unspecified atom stereocenters. The van der Waals surface area contributed by atoms with E-state index in [-0.39, 0.29) is 31.6 Å². The number of benzene rings is 4. The topological polar surface area (TPSA) is 63.3 Å². The number of para-hydroxylation sites is 2. The number of hydrogen-bond acceptors (Lipinski definition) is 4. The van der Waals surface area contributed by atoms with Crippen molar-refractivity contribution in [2.45, 2.75) is 65.2 Å². The smallest absolute Gasteiger partial charge is 0.163 e. The van der Waals surface area contributed by atoms with Crippen LogP contribution in [-0.4, -0.2) is 15.9 Å². The second-order valence-corrected chi connectivity index (χ2v) is 11.7. The molecule has 1 fully saturated rings. The molecule has 221 valence electrons. The van der Waals surface area contributed by atoms with Crippen molar-refractivity contribution in [3.8, 4) is 17.0 Å². The van der Waals surface area contributed by atoms with Gasteiger partial charge in [0.05, 0.1) is 11.1 Å². The zero-order valence-corrected chi connectivity index (χ0v) is 27.4. The number of carbonyl (C=O) groups excluding carboxylic acids is 1. The Hall–Kier alpha value is -3.79. The van der Waals surface area contributed by atoms with Crippen LogP contribution in [0.4, 0.5) is 0 Å². The van der Waals surface area contributed by atoms with E-state index < -0.39 is 0 Å². The van der Waals surface area contributed by atoms with Crippen LogP contribution < -0.4 is 0 Å². The number of phenolic OH excluding ortho intramolecular Hbond substituents is 1. The molecule has 0 bridgehead atoms. The van der Waals surface area contributed by atoms with Gasteiger partial charge in [0, 0.05) is 31.7 Å². The van der Waals surface area contributed by atoms with Crippen LogP contribution in [0.25, 0.3) is 44.0 Å². The summed E-state index contributed by atoms with van der Waals surface area (Å²) in [6.07, 6.45) is 7.40. The SMILES string of the molecule is CC(=O)c1ccccc1O.Cc1[c-]c(-c2ncc(C(C)C)c3cc(C4CCCC4)ccc23)c2oc3ccccc3c2c1.[Ir]. The summed E-state index contributed by atoms with van der Waals surface area (Å²) in [7, 11) is 0. The Morgan fingerprint density at radius 3 is 2.35 bits per heavy atom. The van der Waals surface area contributed by atoms with Crippen LogP contribution in [0.3, 0.4) is 0 Å². The minimum absolute atomic E-state index is 0. The molecule has 4 nitrogen and oxygen atoms in total. The fourth-order valence-corrected chi connectivity index (χ4v) is 6.29. The average Bonchev–Trinajstić information content (AvgIpc) is 3.65. The van der Waals surface area contributed by atoms with Gasteiger partial charge >= 0.3 is 0 Å². The third kappa shape index (κ3) is 6.02. The molecule has 6 aromatic rings. The molecule has 0 amide bonds. The maximum Gasteiger partial charge on any atom is 0.163 e. The second-order valence-electron chi connectivity index (χ2n) is 11.7. The molecule has 43 heavy (non-hydrogen) atoms. The molecule has 2 heterocycles. The Balaban J connectivity index is 0.000000287. The van der Waals surface area contributed by atoms with Crippen molar-refractivity contribution in [3.05, 3.63) is 107 Å². The van der Waals surface area contributed by atoms with Crippen LogP contribution in [0, 0.1) is 13.0 Å². The number of aromatic hydroxyl groups is 1. The van der Waals surface area contributed by atoms with Crippen molar-refractivity contribution in [2.75, 3.05) is 0 Å². The molecule has 1 aliphatic rings. The molecule has 1 N–H and O–H groups in total. The van der Waals surface area contributed by atoms with Crippen LogP contribution in [-0.2, 0) is 20.1 Å². The number of hydrogen-bond donors (Lipinski definition) is 1. The summed E-state index contributed by atoms with van der Waals surface area (Å²) < 4.78 is 6.35. The molecular weight excluding hydrogens is 711 g/mol. The van der Waals surface area contributed by atoms with Gasteiger partial charge in [0.2, 0.25) is 0 Å². The van der Waals surface area contributed by atoms with Gasteiger partial charge in [0.25, 0.3) is 0 Å². The molecule has 4 aromatic carbocycles. The van der Waals surface area contributed by atoms with E-state index in [0.717, 1.165) is 38.8 Å². The van der Waals surface area contributed by atoms with E-state index in [4.69, 9.17) is 14.5 Å². The maximum absolute atomic E-state index is 10.7. The minimum atomic E-state index is -0.113. The number of fused-ring (bicyclic) bond motifs is 4. The van der Waals surface area contributed by atoms with Crippen LogP contribution in [0.15, 0.2) is 83.4 Å². The Morgan fingerprint density at radius 1 is 0.930 bits per heavy atom. The van der Waals surface area contributed by atoms with E-state index >= 15 is 0 Å². The van der Waals surface area contributed by atoms with Crippen LogP contribution >= 0.6 is 0 Å². The van der Waals surface area contributed by atoms with Gasteiger partial charge < -0.3 is 14.5 Å². The van der Waals surface area contributed by atoms with E-state index in [9.17, 15) is 4.79 Å². The number of nitrogens with zero attached hydrogens (tertiary/aromatic N) is 1. The van der Waals surface area contributed by atoms with E-state index in [1.807, 2.05) is 12.1 Å². The summed E-state index contributed by atoms with van der Waals surface area (Å²) in [4.78, 5) is 15.7. The number of phenols is 1. The van der Waals surface area contributed by atoms with Gasteiger partial charge in [0.15, 0.2) is 5.78 Å². The van der Waals surface area contributed by atoms with E-state index in [1.54, 1.807) is 18.2 Å². The molecular formula is C38H36IrNO3-.